The lowest BCUT2D eigenvalue weighted by Gasteiger charge is -2.14. The van der Waals surface area contributed by atoms with Crippen LogP contribution in [0.5, 0.6) is 17.2 Å². The molecule has 2 aromatic carbocycles. The largest absolute Gasteiger partial charge is 0.508 e. The highest BCUT2D eigenvalue weighted by molar-refractivity contribution is 6.32. The Kier molecular flexibility index (Phi) is 4.50. The highest BCUT2D eigenvalue weighted by atomic mass is 35.5. The lowest BCUT2D eigenvalue weighted by atomic mass is 9.96. The molecule has 0 atom stereocenters. The van der Waals surface area contributed by atoms with Gasteiger partial charge >= 0.3 is 0 Å². The minimum absolute atomic E-state index is 0.0383. The van der Waals surface area contributed by atoms with Gasteiger partial charge < -0.3 is 14.9 Å². The van der Waals surface area contributed by atoms with E-state index >= 15 is 0 Å². The van der Waals surface area contributed by atoms with Crippen LogP contribution in [0.1, 0.15) is 11.1 Å². The van der Waals surface area contributed by atoms with Gasteiger partial charge in [0, 0.05) is 17.2 Å². The number of halogens is 1. The highest BCUT2D eigenvalue weighted by Gasteiger charge is 2.16. The molecule has 2 rings (SSSR count). The first kappa shape index (κ1) is 14.9. The van der Waals surface area contributed by atoms with Crippen LogP contribution in [0.25, 0.3) is 5.57 Å². The molecule has 0 aliphatic rings. The smallest absolute Gasteiger partial charge is 0.143 e. The summed E-state index contributed by atoms with van der Waals surface area (Å²) in [4.78, 5) is 10.9. The van der Waals surface area contributed by atoms with Gasteiger partial charge in [0.1, 0.15) is 23.5 Å². The summed E-state index contributed by atoms with van der Waals surface area (Å²) in [6.45, 7) is 0. The minimum Gasteiger partial charge on any atom is -0.508 e. The Morgan fingerprint density at radius 3 is 2.62 bits per heavy atom. The standard InChI is InChI=1S/C16H13ClO4/c1-21-15-9-10(19)5-6-12(15)11(7-8-18)13-3-2-4-14(17)16(13)20/h2-9,19-20H,1H3/b11-7-. The van der Waals surface area contributed by atoms with Crippen molar-refractivity contribution in [3.63, 3.8) is 0 Å². The number of aldehydes is 1. The van der Waals surface area contributed by atoms with E-state index in [0.29, 0.717) is 28.7 Å². The summed E-state index contributed by atoms with van der Waals surface area (Å²) in [5.74, 6) is 0.293. The van der Waals surface area contributed by atoms with E-state index in [4.69, 9.17) is 16.3 Å². The van der Waals surface area contributed by atoms with Crippen molar-refractivity contribution in [2.75, 3.05) is 7.11 Å². The Morgan fingerprint density at radius 1 is 1.19 bits per heavy atom. The molecule has 0 saturated carbocycles. The van der Waals surface area contributed by atoms with Gasteiger partial charge in [0.05, 0.1) is 12.1 Å². The summed E-state index contributed by atoms with van der Waals surface area (Å²) < 4.78 is 5.21. The van der Waals surface area contributed by atoms with Crippen molar-refractivity contribution in [1.29, 1.82) is 0 Å². The normalized spacial score (nSPS) is 11.2. The van der Waals surface area contributed by atoms with Crippen molar-refractivity contribution in [3.05, 3.63) is 58.6 Å². The average Bonchev–Trinajstić information content (AvgIpc) is 2.48. The molecule has 0 fully saturated rings. The van der Waals surface area contributed by atoms with Crippen LogP contribution < -0.4 is 4.74 Å². The van der Waals surface area contributed by atoms with E-state index in [-0.39, 0.29) is 16.5 Å². The number of allylic oxidation sites excluding steroid dienone is 1. The second kappa shape index (κ2) is 6.33. The predicted octanol–water partition coefficient (Wildman–Crippen LogP) is 3.39. The van der Waals surface area contributed by atoms with Crippen molar-refractivity contribution in [2.24, 2.45) is 0 Å². The molecule has 2 N–H and O–H groups in total. The average molecular weight is 305 g/mol. The second-order valence-corrected chi connectivity index (χ2v) is 4.64. The fourth-order valence-corrected chi connectivity index (χ4v) is 2.20. The maximum Gasteiger partial charge on any atom is 0.143 e. The van der Waals surface area contributed by atoms with Crippen LogP contribution in [0.15, 0.2) is 42.5 Å². The molecule has 0 unspecified atom stereocenters. The van der Waals surface area contributed by atoms with E-state index in [0.717, 1.165) is 0 Å². The van der Waals surface area contributed by atoms with Gasteiger partial charge in [-0.3, -0.25) is 4.79 Å². The monoisotopic (exact) mass is 304 g/mol. The van der Waals surface area contributed by atoms with Gasteiger partial charge in [-0.15, -0.1) is 0 Å². The molecule has 0 amide bonds. The van der Waals surface area contributed by atoms with Crippen LogP contribution in [0, 0.1) is 0 Å². The zero-order valence-corrected chi connectivity index (χ0v) is 12.0. The van der Waals surface area contributed by atoms with Crippen LogP contribution in [0.4, 0.5) is 0 Å². The third-order valence-corrected chi connectivity index (χ3v) is 3.29. The van der Waals surface area contributed by atoms with Gasteiger partial charge in [-0.05, 0) is 29.8 Å². The topological polar surface area (TPSA) is 66.8 Å². The maximum atomic E-state index is 10.9. The molecule has 0 saturated heterocycles. The van der Waals surface area contributed by atoms with Crippen LogP contribution in [0.3, 0.4) is 0 Å². The molecular formula is C16H13ClO4. The number of hydrogen-bond acceptors (Lipinski definition) is 4. The molecule has 4 nitrogen and oxygen atoms in total. The summed E-state index contributed by atoms with van der Waals surface area (Å²) in [5, 5.41) is 19.8. The summed E-state index contributed by atoms with van der Waals surface area (Å²) in [5.41, 5.74) is 1.40. The second-order valence-electron chi connectivity index (χ2n) is 4.24. The van der Waals surface area contributed by atoms with Gasteiger partial charge in [-0.2, -0.15) is 0 Å². The van der Waals surface area contributed by atoms with Crippen molar-refractivity contribution in [2.45, 2.75) is 0 Å². The Labute approximate surface area is 126 Å². The minimum atomic E-state index is -0.123. The Balaban J connectivity index is 2.68. The summed E-state index contributed by atoms with van der Waals surface area (Å²) >= 11 is 5.91. The Hall–Kier alpha value is -2.46. The number of carbonyl (C=O) groups excluding carboxylic acids is 1. The molecule has 0 aromatic heterocycles. The van der Waals surface area contributed by atoms with E-state index in [1.807, 2.05) is 0 Å². The molecule has 0 spiro atoms. The first-order valence-electron chi connectivity index (χ1n) is 6.09. The molecular weight excluding hydrogens is 292 g/mol. The van der Waals surface area contributed by atoms with E-state index in [1.54, 1.807) is 24.3 Å². The van der Waals surface area contributed by atoms with Crippen molar-refractivity contribution >= 4 is 23.5 Å². The predicted molar refractivity (Wildman–Crippen MR) is 80.9 cm³/mol. The molecule has 0 heterocycles. The lowest BCUT2D eigenvalue weighted by molar-refractivity contribution is -0.104. The number of methoxy groups -OCH3 is 1. The molecule has 5 heteroatoms. The number of hydrogen-bond donors (Lipinski definition) is 2. The van der Waals surface area contributed by atoms with E-state index in [1.165, 1.54) is 25.3 Å². The molecule has 21 heavy (non-hydrogen) atoms. The molecule has 0 aliphatic carbocycles. The number of phenolic OH excluding ortho intramolecular Hbond substituents is 2. The number of phenols is 2. The van der Waals surface area contributed by atoms with Gasteiger partial charge in [0.25, 0.3) is 0 Å². The summed E-state index contributed by atoms with van der Waals surface area (Å²) in [6, 6.07) is 9.36. The number of aromatic hydroxyl groups is 2. The molecule has 108 valence electrons. The van der Waals surface area contributed by atoms with Gasteiger partial charge in [-0.1, -0.05) is 23.7 Å². The fraction of sp³-hybridized carbons (Fsp3) is 0.0625. The van der Waals surface area contributed by atoms with Crippen LogP contribution >= 0.6 is 11.6 Å². The number of carbonyl (C=O) groups is 1. The third kappa shape index (κ3) is 3.01. The lowest BCUT2D eigenvalue weighted by Crippen LogP contribution is -1.95. The first-order chi connectivity index (χ1) is 10.1. The number of para-hydroxylation sites is 1. The SMILES string of the molecule is COc1cc(O)ccc1/C(=C/C=O)c1cccc(Cl)c1O. The summed E-state index contributed by atoms with van der Waals surface area (Å²) in [6.07, 6.45) is 1.92. The number of benzene rings is 2. The highest BCUT2D eigenvalue weighted by Crippen LogP contribution is 2.39. The maximum absolute atomic E-state index is 10.9. The molecule has 0 radical (unpaired) electrons. The van der Waals surface area contributed by atoms with Crippen LogP contribution in [-0.2, 0) is 4.79 Å². The molecule has 2 aromatic rings. The van der Waals surface area contributed by atoms with Crippen molar-refractivity contribution in [3.8, 4) is 17.2 Å². The quantitative estimate of drug-likeness (QED) is 0.671. The van der Waals surface area contributed by atoms with E-state index in [9.17, 15) is 15.0 Å². The number of rotatable bonds is 4. The van der Waals surface area contributed by atoms with Crippen LogP contribution in [-0.4, -0.2) is 23.6 Å². The Bertz CT molecular complexity index is 707. The van der Waals surface area contributed by atoms with Gasteiger partial charge in [-0.25, -0.2) is 0 Å². The van der Waals surface area contributed by atoms with Gasteiger partial charge in [0.2, 0.25) is 0 Å². The van der Waals surface area contributed by atoms with Crippen molar-refractivity contribution in [1.82, 2.24) is 0 Å². The zero-order chi connectivity index (χ0) is 15.4. The third-order valence-electron chi connectivity index (χ3n) is 2.99. The summed E-state index contributed by atoms with van der Waals surface area (Å²) in [7, 11) is 1.45. The van der Waals surface area contributed by atoms with E-state index < -0.39 is 0 Å². The van der Waals surface area contributed by atoms with E-state index in [2.05, 4.69) is 0 Å². The Morgan fingerprint density at radius 2 is 1.95 bits per heavy atom. The zero-order valence-electron chi connectivity index (χ0n) is 11.2. The van der Waals surface area contributed by atoms with Gasteiger partial charge in [0.15, 0.2) is 0 Å². The first-order valence-corrected chi connectivity index (χ1v) is 6.47. The molecule has 0 aliphatic heterocycles. The fourth-order valence-electron chi connectivity index (χ4n) is 2.03. The number of ether oxygens (including phenoxy) is 1. The van der Waals surface area contributed by atoms with Crippen LogP contribution in [0.2, 0.25) is 5.02 Å². The molecule has 0 bridgehead atoms. The van der Waals surface area contributed by atoms with Crippen molar-refractivity contribution < 1.29 is 19.7 Å².